The van der Waals surface area contributed by atoms with E-state index in [4.69, 9.17) is 0 Å². The number of ketones is 1. The fraction of sp³-hybridized carbons (Fsp3) is 0.533. The van der Waals surface area contributed by atoms with Crippen molar-refractivity contribution in [3.8, 4) is 0 Å². The van der Waals surface area contributed by atoms with Gasteiger partial charge in [-0.05, 0) is 44.5 Å². The summed E-state index contributed by atoms with van der Waals surface area (Å²) in [4.78, 5) is 14.5. The van der Waals surface area contributed by atoms with Crippen LogP contribution >= 0.6 is 15.9 Å². The normalized spacial score (nSPS) is 15.1. The molecule has 1 saturated carbocycles. The number of carbonyl (C=O) groups excluding carboxylic acids is 1. The van der Waals surface area contributed by atoms with Crippen molar-refractivity contribution >= 4 is 21.7 Å². The third-order valence-electron chi connectivity index (χ3n) is 3.48. The van der Waals surface area contributed by atoms with Crippen LogP contribution in [0.1, 0.15) is 43.0 Å². The fourth-order valence-electron chi connectivity index (χ4n) is 2.26. The zero-order chi connectivity index (χ0) is 13.0. The summed E-state index contributed by atoms with van der Waals surface area (Å²) in [5.41, 5.74) is 0.827. The van der Waals surface area contributed by atoms with Crippen LogP contribution < -0.4 is 0 Å². The van der Waals surface area contributed by atoms with Crippen LogP contribution in [0.5, 0.6) is 0 Å². The molecule has 1 aromatic rings. The predicted molar refractivity (Wildman–Crippen MR) is 78.0 cm³/mol. The molecule has 0 atom stereocenters. The average Bonchev–Trinajstić information content (AvgIpc) is 3.19. The molecule has 0 unspecified atom stereocenters. The maximum atomic E-state index is 12.0. The van der Waals surface area contributed by atoms with E-state index in [0.29, 0.717) is 6.42 Å². The molecular formula is C15H20BrNO. The van der Waals surface area contributed by atoms with E-state index in [-0.39, 0.29) is 5.78 Å². The van der Waals surface area contributed by atoms with E-state index in [2.05, 4.69) is 27.8 Å². The SMILES string of the molecule is CCN(CCCC(=O)c1ccc(Br)cc1)C1CC1. The molecule has 0 heterocycles. The molecule has 0 aromatic heterocycles. The van der Waals surface area contributed by atoms with Crippen molar-refractivity contribution in [1.82, 2.24) is 4.90 Å². The van der Waals surface area contributed by atoms with Gasteiger partial charge >= 0.3 is 0 Å². The zero-order valence-electron chi connectivity index (χ0n) is 10.9. The van der Waals surface area contributed by atoms with Crippen LogP contribution in [0.15, 0.2) is 28.7 Å². The van der Waals surface area contributed by atoms with Crippen molar-refractivity contribution < 1.29 is 4.79 Å². The highest BCUT2D eigenvalue weighted by molar-refractivity contribution is 9.10. The third-order valence-corrected chi connectivity index (χ3v) is 4.01. The first-order valence-corrected chi connectivity index (χ1v) is 7.53. The van der Waals surface area contributed by atoms with Gasteiger partial charge in [-0.3, -0.25) is 4.79 Å². The van der Waals surface area contributed by atoms with Crippen LogP contribution in [0.2, 0.25) is 0 Å². The summed E-state index contributed by atoms with van der Waals surface area (Å²) in [6.07, 6.45) is 4.31. The molecule has 0 radical (unpaired) electrons. The van der Waals surface area contributed by atoms with Gasteiger partial charge in [0, 0.05) is 22.5 Å². The summed E-state index contributed by atoms with van der Waals surface area (Å²) in [6.45, 7) is 4.37. The molecule has 1 fully saturated rings. The molecule has 2 rings (SSSR count). The first-order chi connectivity index (χ1) is 8.70. The summed E-state index contributed by atoms with van der Waals surface area (Å²) in [5, 5.41) is 0. The number of benzene rings is 1. The van der Waals surface area contributed by atoms with Crippen molar-refractivity contribution in [3.63, 3.8) is 0 Å². The highest BCUT2D eigenvalue weighted by Crippen LogP contribution is 2.26. The standard InChI is InChI=1S/C15H20BrNO/c1-2-17(14-9-10-14)11-3-4-15(18)12-5-7-13(16)8-6-12/h5-8,14H,2-4,9-11H2,1H3. The van der Waals surface area contributed by atoms with Gasteiger partial charge in [0.25, 0.3) is 0 Å². The molecule has 2 nitrogen and oxygen atoms in total. The molecule has 0 bridgehead atoms. The summed E-state index contributed by atoms with van der Waals surface area (Å²) >= 11 is 3.38. The highest BCUT2D eigenvalue weighted by atomic mass is 79.9. The Morgan fingerprint density at radius 1 is 1.33 bits per heavy atom. The van der Waals surface area contributed by atoms with Crippen LogP contribution in [0.25, 0.3) is 0 Å². The van der Waals surface area contributed by atoms with Crippen molar-refractivity contribution in [2.24, 2.45) is 0 Å². The summed E-state index contributed by atoms with van der Waals surface area (Å²) in [5.74, 6) is 0.259. The number of Topliss-reactive ketones (excluding diaryl/α,β-unsaturated/α-hetero) is 1. The largest absolute Gasteiger partial charge is 0.301 e. The Labute approximate surface area is 117 Å². The van der Waals surface area contributed by atoms with Gasteiger partial charge in [0.1, 0.15) is 0 Å². The second kappa shape index (κ2) is 6.48. The molecule has 0 N–H and O–H groups in total. The number of hydrogen-bond donors (Lipinski definition) is 0. The number of carbonyl (C=O) groups is 1. The first-order valence-electron chi connectivity index (χ1n) is 6.73. The van der Waals surface area contributed by atoms with E-state index in [9.17, 15) is 4.79 Å². The predicted octanol–water partition coefficient (Wildman–Crippen LogP) is 3.90. The minimum absolute atomic E-state index is 0.259. The molecule has 0 spiro atoms. The van der Waals surface area contributed by atoms with Gasteiger partial charge < -0.3 is 4.90 Å². The maximum Gasteiger partial charge on any atom is 0.162 e. The van der Waals surface area contributed by atoms with Crippen molar-refractivity contribution in [3.05, 3.63) is 34.3 Å². The van der Waals surface area contributed by atoms with Gasteiger partial charge in [-0.15, -0.1) is 0 Å². The zero-order valence-corrected chi connectivity index (χ0v) is 12.4. The molecule has 1 aromatic carbocycles. The average molecular weight is 310 g/mol. The van der Waals surface area contributed by atoms with E-state index < -0.39 is 0 Å². The monoisotopic (exact) mass is 309 g/mol. The van der Waals surface area contributed by atoms with E-state index in [1.54, 1.807) is 0 Å². The van der Waals surface area contributed by atoms with Gasteiger partial charge in [0.05, 0.1) is 0 Å². The molecule has 1 aliphatic carbocycles. The molecule has 0 aliphatic heterocycles. The number of hydrogen-bond acceptors (Lipinski definition) is 2. The van der Waals surface area contributed by atoms with Crippen molar-refractivity contribution in [2.75, 3.05) is 13.1 Å². The van der Waals surface area contributed by atoms with Crippen LogP contribution in [0, 0.1) is 0 Å². The fourth-order valence-corrected chi connectivity index (χ4v) is 2.53. The molecule has 18 heavy (non-hydrogen) atoms. The Bertz CT molecular complexity index is 397. The number of halogens is 1. The minimum Gasteiger partial charge on any atom is -0.301 e. The molecule has 98 valence electrons. The van der Waals surface area contributed by atoms with Gasteiger partial charge in [0.15, 0.2) is 5.78 Å². The Morgan fingerprint density at radius 2 is 2.00 bits per heavy atom. The van der Waals surface area contributed by atoms with Crippen LogP contribution in [-0.4, -0.2) is 29.8 Å². The molecule has 1 aliphatic rings. The molecule has 3 heteroatoms. The van der Waals surface area contributed by atoms with Crippen LogP contribution in [0.4, 0.5) is 0 Å². The van der Waals surface area contributed by atoms with Gasteiger partial charge in [-0.1, -0.05) is 35.0 Å². The lowest BCUT2D eigenvalue weighted by molar-refractivity contribution is 0.0974. The van der Waals surface area contributed by atoms with Crippen LogP contribution in [-0.2, 0) is 0 Å². The number of nitrogens with zero attached hydrogens (tertiary/aromatic N) is 1. The molecule has 0 saturated heterocycles. The Morgan fingerprint density at radius 3 is 2.56 bits per heavy atom. The van der Waals surface area contributed by atoms with Gasteiger partial charge in [-0.2, -0.15) is 0 Å². The second-order valence-electron chi connectivity index (χ2n) is 4.89. The summed E-state index contributed by atoms with van der Waals surface area (Å²) < 4.78 is 1.02. The Hall–Kier alpha value is -0.670. The van der Waals surface area contributed by atoms with Gasteiger partial charge in [0.2, 0.25) is 0 Å². The van der Waals surface area contributed by atoms with E-state index in [1.807, 2.05) is 24.3 Å². The molecule has 0 amide bonds. The second-order valence-corrected chi connectivity index (χ2v) is 5.81. The van der Waals surface area contributed by atoms with Crippen LogP contribution in [0.3, 0.4) is 0 Å². The van der Waals surface area contributed by atoms with E-state index in [0.717, 1.165) is 35.6 Å². The van der Waals surface area contributed by atoms with E-state index >= 15 is 0 Å². The highest BCUT2D eigenvalue weighted by Gasteiger charge is 2.27. The molecular weight excluding hydrogens is 290 g/mol. The van der Waals surface area contributed by atoms with E-state index in [1.165, 1.54) is 12.8 Å². The Kier molecular flexibility index (Phi) is 4.95. The van der Waals surface area contributed by atoms with Crippen molar-refractivity contribution in [1.29, 1.82) is 0 Å². The topological polar surface area (TPSA) is 20.3 Å². The number of rotatable bonds is 7. The summed E-state index contributed by atoms with van der Waals surface area (Å²) in [6, 6.07) is 8.44. The first kappa shape index (κ1) is 13.8. The lowest BCUT2D eigenvalue weighted by atomic mass is 10.1. The lowest BCUT2D eigenvalue weighted by Gasteiger charge is -2.19. The Balaban J connectivity index is 1.75. The quantitative estimate of drug-likeness (QED) is 0.712. The van der Waals surface area contributed by atoms with Crippen molar-refractivity contribution in [2.45, 2.75) is 38.6 Å². The smallest absolute Gasteiger partial charge is 0.162 e. The lowest BCUT2D eigenvalue weighted by Crippen LogP contribution is -2.27. The third kappa shape index (κ3) is 3.92. The van der Waals surface area contributed by atoms with Gasteiger partial charge in [-0.25, -0.2) is 0 Å². The maximum absolute atomic E-state index is 12.0. The minimum atomic E-state index is 0.259. The summed E-state index contributed by atoms with van der Waals surface area (Å²) in [7, 11) is 0.